The van der Waals surface area contributed by atoms with E-state index in [4.69, 9.17) is 0 Å². The second-order valence-electron chi connectivity index (χ2n) is 4.70. The number of thiazole rings is 1. The van der Waals surface area contributed by atoms with E-state index < -0.39 is 0 Å². The second-order valence-corrected chi connectivity index (χ2v) is 5.97. The van der Waals surface area contributed by atoms with Crippen LogP contribution >= 0.6 is 11.3 Å². The van der Waals surface area contributed by atoms with Crippen LogP contribution in [0.2, 0.25) is 0 Å². The SMILES string of the molecule is Cc1cnc([C@H](C)CNC(=O)NC2CC=CC2)s1. The lowest BCUT2D eigenvalue weighted by Crippen LogP contribution is -2.42. The van der Waals surface area contributed by atoms with Crippen LogP contribution in [0.3, 0.4) is 0 Å². The van der Waals surface area contributed by atoms with Gasteiger partial charge in [-0.2, -0.15) is 0 Å². The van der Waals surface area contributed by atoms with Crippen LogP contribution in [0.25, 0.3) is 0 Å². The van der Waals surface area contributed by atoms with Crippen LogP contribution in [0, 0.1) is 6.92 Å². The summed E-state index contributed by atoms with van der Waals surface area (Å²) in [6.07, 6.45) is 7.96. The topological polar surface area (TPSA) is 54.0 Å². The quantitative estimate of drug-likeness (QED) is 0.822. The van der Waals surface area contributed by atoms with Gasteiger partial charge in [-0.15, -0.1) is 11.3 Å². The minimum Gasteiger partial charge on any atom is -0.337 e. The van der Waals surface area contributed by atoms with E-state index in [-0.39, 0.29) is 18.0 Å². The van der Waals surface area contributed by atoms with Crippen LogP contribution in [-0.2, 0) is 0 Å². The maximum atomic E-state index is 11.7. The van der Waals surface area contributed by atoms with E-state index in [2.05, 4.69) is 34.7 Å². The van der Waals surface area contributed by atoms with E-state index in [1.165, 1.54) is 4.88 Å². The van der Waals surface area contributed by atoms with Gasteiger partial charge in [-0.05, 0) is 19.8 Å². The highest BCUT2D eigenvalue weighted by atomic mass is 32.1. The van der Waals surface area contributed by atoms with Crippen molar-refractivity contribution in [2.45, 2.75) is 38.6 Å². The largest absolute Gasteiger partial charge is 0.337 e. The number of hydrogen-bond donors (Lipinski definition) is 2. The van der Waals surface area contributed by atoms with Gasteiger partial charge in [-0.3, -0.25) is 0 Å². The molecule has 0 radical (unpaired) electrons. The molecule has 1 heterocycles. The Hall–Kier alpha value is -1.36. The molecule has 0 unspecified atom stereocenters. The molecule has 0 saturated carbocycles. The summed E-state index contributed by atoms with van der Waals surface area (Å²) in [5.41, 5.74) is 0. The predicted octanol–water partition coefficient (Wildman–Crippen LogP) is 2.57. The van der Waals surface area contributed by atoms with Gasteiger partial charge in [0.25, 0.3) is 0 Å². The molecule has 1 atom stereocenters. The third kappa shape index (κ3) is 3.57. The summed E-state index contributed by atoms with van der Waals surface area (Å²) in [5.74, 6) is 0.260. The third-order valence-electron chi connectivity index (χ3n) is 2.97. The number of rotatable bonds is 4. The van der Waals surface area contributed by atoms with E-state index >= 15 is 0 Å². The maximum absolute atomic E-state index is 11.7. The lowest BCUT2D eigenvalue weighted by Gasteiger charge is -2.14. The second kappa shape index (κ2) is 6.00. The number of nitrogens with one attached hydrogen (secondary N) is 2. The van der Waals surface area contributed by atoms with Crippen LogP contribution in [0.15, 0.2) is 18.3 Å². The molecule has 1 aliphatic rings. The van der Waals surface area contributed by atoms with Crippen molar-refractivity contribution in [3.05, 3.63) is 28.2 Å². The highest BCUT2D eigenvalue weighted by Gasteiger charge is 2.14. The van der Waals surface area contributed by atoms with Gasteiger partial charge in [-0.25, -0.2) is 9.78 Å². The molecule has 0 aromatic carbocycles. The molecule has 1 aromatic rings. The zero-order valence-electron chi connectivity index (χ0n) is 10.8. The molecular formula is C13H19N3OS. The van der Waals surface area contributed by atoms with Crippen LogP contribution in [0.5, 0.6) is 0 Å². The molecule has 5 heteroatoms. The van der Waals surface area contributed by atoms with Gasteiger partial charge in [0.05, 0.1) is 5.01 Å². The zero-order valence-corrected chi connectivity index (χ0v) is 11.6. The van der Waals surface area contributed by atoms with E-state index in [1.807, 2.05) is 13.1 Å². The lowest BCUT2D eigenvalue weighted by molar-refractivity contribution is 0.237. The monoisotopic (exact) mass is 265 g/mol. The van der Waals surface area contributed by atoms with E-state index in [0.29, 0.717) is 6.54 Å². The zero-order chi connectivity index (χ0) is 13.0. The van der Waals surface area contributed by atoms with Crippen LogP contribution in [0.1, 0.15) is 35.6 Å². The Kier molecular flexibility index (Phi) is 4.36. The molecule has 0 bridgehead atoms. The Balaban J connectivity index is 1.72. The maximum Gasteiger partial charge on any atom is 0.315 e. The Bertz CT molecular complexity index is 433. The number of amides is 2. The van der Waals surface area contributed by atoms with Crippen molar-refractivity contribution in [1.29, 1.82) is 0 Å². The number of carbonyl (C=O) groups excluding carboxylic acids is 1. The Morgan fingerprint density at radius 3 is 2.89 bits per heavy atom. The van der Waals surface area contributed by atoms with Crippen LogP contribution in [0.4, 0.5) is 4.79 Å². The summed E-state index contributed by atoms with van der Waals surface area (Å²) in [5, 5.41) is 6.95. The molecule has 1 aromatic heterocycles. The van der Waals surface area contributed by atoms with Gasteiger partial charge in [0, 0.05) is 29.6 Å². The lowest BCUT2D eigenvalue weighted by atomic mass is 10.2. The van der Waals surface area contributed by atoms with Gasteiger partial charge < -0.3 is 10.6 Å². The standard InChI is InChI=1S/C13H19N3OS/c1-9(12-14-8-10(2)18-12)7-15-13(17)16-11-5-3-4-6-11/h3-4,8-9,11H,5-7H2,1-2H3,(H2,15,16,17)/t9-/m1/s1. The summed E-state index contributed by atoms with van der Waals surface area (Å²) in [7, 11) is 0. The smallest absolute Gasteiger partial charge is 0.315 e. The van der Waals surface area contributed by atoms with Crippen molar-refractivity contribution < 1.29 is 4.79 Å². The normalized spacial score (nSPS) is 16.8. The Morgan fingerprint density at radius 1 is 1.56 bits per heavy atom. The fourth-order valence-electron chi connectivity index (χ4n) is 1.90. The van der Waals surface area contributed by atoms with Gasteiger partial charge in [0.2, 0.25) is 0 Å². The fraction of sp³-hybridized carbons (Fsp3) is 0.538. The number of hydrogen-bond acceptors (Lipinski definition) is 3. The number of carbonyl (C=O) groups is 1. The first-order valence-electron chi connectivity index (χ1n) is 6.27. The van der Waals surface area contributed by atoms with Gasteiger partial charge in [0.15, 0.2) is 0 Å². The molecule has 2 N–H and O–H groups in total. The molecule has 18 heavy (non-hydrogen) atoms. The predicted molar refractivity (Wildman–Crippen MR) is 74.0 cm³/mol. The molecule has 0 spiro atoms. The minimum atomic E-state index is -0.0798. The minimum absolute atomic E-state index is 0.0798. The number of aryl methyl sites for hydroxylation is 1. The van der Waals surface area contributed by atoms with Crippen molar-refractivity contribution >= 4 is 17.4 Å². The van der Waals surface area contributed by atoms with Crippen LogP contribution < -0.4 is 10.6 Å². The average Bonchev–Trinajstić information content (AvgIpc) is 2.97. The van der Waals surface area contributed by atoms with Gasteiger partial charge in [0.1, 0.15) is 0 Å². The first-order valence-corrected chi connectivity index (χ1v) is 7.08. The molecule has 4 nitrogen and oxygen atoms in total. The molecule has 0 aliphatic heterocycles. The average molecular weight is 265 g/mol. The van der Waals surface area contributed by atoms with Gasteiger partial charge in [-0.1, -0.05) is 19.1 Å². The van der Waals surface area contributed by atoms with Crippen molar-refractivity contribution in [1.82, 2.24) is 15.6 Å². The molecule has 0 fully saturated rings. The summed E-state index contributed by atoms with van der Waals surface area (Å²) in [4.78, 5) is 17.2. The highest BCUT2D eigenvalue weighted by Crippen LogP contribution is 2.20. The van der Waals surface area contributed by atoms with Crippen molar-refractivity contribution in [2.75, 3.05) is 6.54 Å². The first-order chi connectivity index (χ1) is 8.65. The Morgan fingerprint density at radius 2 is 2.28 bits per heavy atom. The van der Waals surface area contributed by atoms with Crippen molar-refractivity contribution in [3.63, 3.8) is 0 Å². The summed E-state index contributed by atoms with van der Waals surface area (Å²) in [6, 6.07) is 0.186. The molecule has 0 saturated heterocycles. The number of aromatic nitrogens is 1. The molecule has 98 valence electrons. The summed E-state index contributed by atoms with van der Waals surface area (Å²) >= 11 is 1.69. The fourth-order valence-corrected chi connectivity index (χ4v) is 2.73. The number of urea groups is 1. The van der Waals surface area contributed by atoms with E-state index in [0.717, 1.165) is 17.8 Å². The van der Waals surface area contributed by atoms with E-state index in [1.54, 1.807) is 11.3 Å². The molecular weight excluding hydrogens is 246 g/mol. The number of nitrogens with zero attached hydrogens (tertiary/aromatic N) is 1. The van der Waals surface area contributed by atoms with Crippen molar-refractivity contribution in [3.8, 4) is 0 Å². The van der Waals surface area contributed by atoms with Gasteiger partial charge >= 0.3 is 6.03 Å². The Labute approximate surface area is 112 Å². The summed E-state index contributed by atoms with van der Waals surface area (Å²) in [6.45, 7) is 4.75. The van der Waals surface area contributed by atoms with Crippen molar-refractivity contribution in [2.24, 2.45) is 0 Å². The first kappa shape index (κ1) is 13.1. The highest BCUT2D eigenvalue weighted by molar-refractivity contribution is 7.11. The van der Waals surface area contributed by atoms with E-state index in [9.17, 15) is 4.79 Å². The third-order valence-corrected chi connectivity index (χ3v) is 4.12. The van der Waals surface area contributed by atoms with Crippen LogP contribution in [-0.4, -0.2) is 23.6 Å². The summed E-state index contributed by atoms with van der Waals surface area (Å²) < 4.78 is 0. The molecule has 1 aliphatic carbocycles. The molecule has 2 rings (SSSR count). The molecule has 2 amide bonds.